The van der Waals surface area contributed by atoms with Crippen molar-refractivity contribution in [3.63, 3.8) is 0 Å². The van der Waals surface area contributed by atoms with Gasteiger partial charge in [-0.05, 0) is 93.8 Å². The highest BCUT2D eigenvalue weighted by Crippen LogP contribution is 2.65. The van der Waals surface area contributed by atoms with Crippen molar-refractivity contribution in [2.24, 2.45) is 28.6 Å². The Labute approximate surface area is 195 Å². The second-order valence-corrected chi connectivity index (χ2v) is 11.8. The van der Waals surface area contributed by atoms with Gasteiger partial charge in [0.25, 0.3) is 0 Å². The van der Waals surface area contributed by atoms with Gasteiger partial charge in [0.15, 0.2) is 0 Å². The summed E-state index contributed by atoms with van der Waals surface area (Å²) in [6.07, 6.45) is 18.9. The first-order chi connectivity index (χ1) is 15.4. The molecule has 3 nitrogen and oxygen atoms in total. The van der Waals surface area contributed by atoms with Crippen LogP contribution in [0.2, 0.25) is 0 Å². The zero-order valence-corrected chi connectivity index (χ0v) is 20.4. The van der Waals surface area contributed by atoms with Crippen molar-refractivity contribution in [1.29, 1.82) is 0 Å². The normalized spacial score (nSPS) is 42.5. The lowest BCUT2D eigenvalue weighted by Crippen LogP contribution is -2.50. The van der Waals surface area contributed by atoms with Crippen LogP contribution in [0, 0.1) is 40.4 Å². The Kier molecular flexibility index (Phi) is 6.11. The van der Waals surface area contributed by atoms with Gasteiger partial charge in [0.2, 0.25) is 0 Å². The largest absolute Gasteiger partial charge is 0.378 e. The third-order valence-electron chi connectivity index (χ3n) is 10.2. The van der Waals surface area contributed by atoms with Crippen molar-refractivity contribution in [3.05, 3.63) is 23.3 Å². The second kappa shape index (κ2) is 8.61. The number of hydrogen-bond donors (Lipinski definition) is 1. The fourth-order valence-corrected chi connectivity index (χ4v) is 8.14. The minimum absolute atomic E-state index is 0.194. The van der Waals surface area contributed by atoms with E-state index in [2.05, 4.69) is 37.8 Å². The van der Waals surface area contributed by atoms with Crippen LogP contribution < -0.4 is 0 Å². The van der Waals surface area contributed by atoms with E-state index in [0.29, 0.717) is 24.2 Å². The van der Waals surface area contributed by atoms with Gasteiger partial charge in [0.1, 0.15) is 12.4 Å². The fourth-order valence-electron chi connectivity index (χ4n) is 8.14. The van der Waals surface area contributed by atoms with E-state index in [1.54, 1.807) is 12.7 Å². The average molecular weight is 439 g/mol. The first kappa shape index (κ1) is 22.7. The lowest BCUT2D eigenvalue weighted by atomic mass is 9.47. The molecule has 6 atom stereocenters. The Morgan fingerprint density at radius 1 is 0.969 bits per heavy atom. The maximum atomic E-state index is 10.9. The summed E-state index contributed by atoms with van der Waals surface area (Å²) in [5, 5.41) is 10.9. The number of fused-ring (bicyclic) bond motifs is 5. The molecular weight excluding hydrogens is 396 g/mol. The topological polar surface area (TPSA) is 38.7 Å². The Balaban J connectivity index is 1.33. The van der Waals surface area contributed by atoms with Gasteiger partial charge in [-0.3, -0.25) is 0 Å². The van der Waals surface area contributed by atoms with Crippen LogP contribution in [0.4, 0.5) is 0 Å². The van der Waals surface area contributed by atoms with Gasteiger partial charge in [-0.2, -0.15) is 0 Å². The molecule has 0 unspecified atom stereocenters. The Bertz CT molecular complexity index is 838. The molecule has 0 heterocycles. The molecule has 0 radical (unpaired) electrons. The first-order valence-corrected chi connectivity index (χ1v) is 13.1. The molecule has 0 bridgehead atoms. The molecule has 0 aromatic carbocycles. The van der Waals surface area contributed by atoms with Crippen molar-refractivity contribution in [2.75, 3.05) is 13.9 Å². The third kappa shape index (κ3) is 3.81. The van der Waals surface area contributed by atoms with Crippen LogP contribution in [-0.4, -0.2) is 30.7 Å². The summed E-state index contributed by atoms with van der Waals surface area (Å²) >= 11 is 0. The van der Waals surface area contributed by atoms with Crippen molar-refractivity contribution >= 4 is 0 Å². The first-order valence-electron chi connectivity index (χ1n) is 13.1. The molecule has 0 aromatic rings. The van der Waals surface area contributed by atoms with E-state index in [-0.39, 0.29) is 5.41 Å². The van der Waals surface area contributed by atoms with Gasteiger partial charge >= 0.3 is 0 Å². The van der Waals surface area contributed by atoms with Crippen LogP contribution in [0.15, 0.2) is 23.3 Å². The molecule has 5 aliphatic carbocycles. The quantitative estimate of drug-likeness (QED) is 0.325. The molecule has 5 rings (SSSR count). The number of allylic oxidation sites excluding steroid dienone is 3. The number of aliphatic hydroxyl groups is 1. The molecular formula is C29H42O3. The van der Waals surface area contributed by atoms with E-state index in [4.69, 9.17) is 9.47 Å². The van der Waals surface area contributed by atoms with Gasteiger partial charge < -0.3 is 14.6 Å². The predicted molar refractivity (Wildman–Crippen MR) is 128 cm³/mol. The molecule has 3 saturated carbocycles. The molecule has 32 heavy (non-hydrogen) atoms. The molecule has 1 N–H and O–H groups in total. The summed E-state index contributed by atoms with van der Waals surface area (Å²) in [4.78, 5) is 0. The number of methoxy groups -OCH3 is 1. The summed E-state index contributed by atoms with van der Waals surface area (Å²) in [6.45, 7) is 5.43. The van der Waals surface area contributed by atoms with Gasteiger partial charge in [0, 0.05) is 18.1 Å². The fraction of sp³-hybridized carbons (Fsp3) is 0.793. The SMILES string of the molecule is COCO[C@H]1CC[C@@]2(C)C(=CC[C@@H]3[C@@H]2CC[C@]2(C)C(C#CC4(O)CCCCC4)=CC[C@@H]32)C1. The smallest absolute Gasteiger partial charge is 0.146 e. The molecule has 3 fully saturated rings. The van der Waals surface area contributed by atoms with E-state index >= 15 is 0 Å². The number of ether oxygens (including phenoxy) is 2. The van der Waals surface area contributed by atoms with E-state index in [9.17, 15) is 5.11 Å². The monoisotopic (exact) mass is 438 g/mol. The van der Waals surface area contributed by atoms with Crippen molar-refractivity contribution < 1.29 is 14.6 Å². The van der Waals surface area contributed by atoms with Gasteiger partial charge in [-0.15, -0.1) is 0 Å². The van der Waals surface area contributed by atoms with Gasteiger partial charge in [-0.1, -0.05) is 49.8 Å². The van der Waals surface area contributed by atoms with Crippen LogP contribution >= 0.6 is 0 Å². The minimum Gasteiger partial charge on any atom is -0.378 e. The predicted octanol–water partition coefficient (Wildman–Crippen LogP) is 6.17. The van der Waals surface area contributed by atoms with Gasteiger partial charge in [-0.25, -0.2) is 0 Å². The summed E-state index contributed by atoms with van der Waals surface area (Å²) in [6, 6.07) is 0. The summed E-state index contributed by atoms with van der Waals surface area (Å²) in [7, 11) is 1.71. The van der Waals surface area contributed by atoms with Crippen LogP contribution in [0.25, 0.3) is 0 Å². The van der Waals surface area contributed by atoms with Crippen molar-refractivity contribution in [1.82, 2.24) is 0 Å². The molecule has 0 amide bonds. The Hall–Kier alpha value is -1.08. The van der Waals surface area contributed by atoms with Gasteiger partial charge in [0.05, 0.1) is 6.10 Å². The van der Waals surface area contributed by atoms with Crippen LogP contribution in [0.5, 0.6) is 0 Å². The molecule has 0 aliphatic heterocycles. The molecule has 3 heteroatoms. The van der Waals surface area contributed by atoms with Crippen LogP contribution in [-0.2, 0) is 9.47 Å². The maximum absolute atomic E-state index is 10.9. The summed E-state index contributed by atoms with van der Waals surface area (Å²) in [5.74, 6) is 9.12. The standard InChI is InChI=1S/C29H42O3/c1-27-17-13-26-24(9-7-22-19-23(32-20-31-3)12-16-28(22,26)2)25(27)10-8-21(27)11-18-29(30)14-5-4-6-15-29/h7-8,23-26,30H,4-6,9-10,12-17,19-20H2,1-3H3/t23-,24-,25-,26-,27+,28-/m0/s1. The van der Waals surface area contributed by atoms with E-state index in [1.807, 2.05) is 0 Å². The maximum Gasteiger partial charge on any atom is 0.146 e. The average Bonchev–Trinajstić information content (AvgIpc) is 3.13. The lowest BCUT2D eigenvalue weighted by molar-refractivity contribution is -0.0944. The zero-order valence-electron chi connectivity index (χ0n) is 20.4. The van der Waals surface area contributed by atoms with E-state index < -0.39 is 5.60 Å². The molecule has 176 valence electrons. The highest BCUT2D eigenvalue weighted by molar-refractivity contribution is 5.42. The third-order valence-corrected chi connectivity index (χ3v) is 10.2. The van der Waals surface area contributed by atoms with Crippen LogP contribution in [0.1, 0.15) is 90.9 Å². The van der Waals surface area contributed by atoms with Crippen molar-refractivity contribution in [2.45, 2.75) is 103 Å². The van der Waals surface area contributed by atoms with E-state index in [0.717, 1.165) is 50.4 Å². The summed E-state index contributed by atoms with van der Waals surface area (Å²) < 4.78 is 11.1. The lowest BCUT2D eigenvalue weighted by Gasteiger charge is -2.57. The Morgan fingerprint density at radius 3 is 2.53 bits per heavy atom. The van der Waals surface area contributed by atoms with Crippen molar-refractivity contribution in [3.8, 4) is 11.8 Å². The minimum atomic E-state index is -0.746. The molecule has 5 aliphatic rings. The second-order valence-electron chi connectivity index (χ2n) is 11.8. The molecule has 0 aromatic heterocycles. The number of rotatable bonds is 3. The van der Waals surface area contributed by atoms with Crippen LogP contribution in [0.3, 0.4) is 0 Å². The Morgan fingerprint density at radius 2 is 1.75 bits per heavy atom. The highest BCUT2D eigenvalue weighted by Gasteiger charge is 2.56. The zero-order chi connectivity index (χ0) is 22.4. The summed E-state index contributed by atoms with van der Waals surface area (Å²) in [5.41, 5.74) is 2.77. The molecule has 0 saturated heterocycles. The highest BCUT2D eigenvalue weighted by atomic mass is 16.7. The van der Waals surface area contributed by atoms with E-state index in [1.165, 1.54) is 44.1 Å². The molecule has 0 spiro atoms. The number of hydrogen-bond acceptors (Lipinski definition) is 3.